The third-order valence-electron chi connectivity index (χ3n) is 4.61. The summed E-state index contributed by atoms with van der Waals surface area (Å²) < 4.78 is 5.51. The van der Waals surface area contributed by atoms with Crippen molar-refractivity contribution in [3.8, 4) is 5.75 Å². The number of ether oxygens (including phenoxy) is 1. The number of amides is 2. The molecule has 0 radical (unpaired) electrons. The van der Waals surface area contributed by atoms with E-state index in [-0.39, 0.29) is 18.4 Å². The second-order valence-electron chi connectivity index (χ2n) is 6.79. The van der Waals surface area contributed by atoms with Crippen LogP contribution in [0.1, 0.15) is 15.9 Å². The Hall–Kier alpha value is -2.86. The summed E-state index contributed by atoms with van der Waals surface area (Å²) in [6, 6.07) is 14.6. The Bertz CT molecular complexity index is 797. The van der Waals surface area contributed by atoms with Crippen molar-refractivity contribution in [2.75, 3.05) is 45.2 Å². The normalized spacial score (nSPS) is 14.7. The van der Waals surface area contributed by atoms with Crippen molar-refractivity contribution in [1.29, 1.82) is 0 Å². The zero-order chi connectivity index (χ0) is 19.2. The second-order valence-corrected chi connectivity index (χ2v) is 6.79. The molecule has 1 aliphatic rings. The molecule has 3 rings (SSSR count). The van der Waals surface area contributed by atoms with Gasteiger partial charge < -0.3 is 19.9 Å². The van der Waals surface area contributed by atoms with Gasteiger partial charge in [0.05, 0.1) is 11.3 Å². The molecule has 6 nitrogen and oxygen atoms in total. The molecular weight excluding hydrogens is 342 g/mol. The van der Waals surface area contributed by atoms with Crippen molar-refractivity contribution in [1.82, 2.24) is 9.80 Å². The Morgan fingerprint density at radius 3 is 2.37 bits per heavy atom. The predicted molar refractivity (Wildman–Crippen MR) is 105 cm³/mol. The van der Waals surface area contributed by atoms with Crippen LogP contribution >= 0.6 is 0 Å². The molecule has 2 aromatic carbocycles. The Labute approximate surface area is 159 Å². The first-order chi connectivity index (χ1) is 13.0. The zero-order valence-electron chi connectivity index (χ0n) is 15.8. The van der Waals surface area contributed by atoms with Gasteiger partial charge in [0.2, 0.25) is 0 Å². The van der Waals surface area contributed by atoms with E-state index >= 15 is 0 Å². The average Bonchev–Trinajstić information content (AvgIpc) is 2.68. The lowest BCUT2D eigenvalue weighted by Crippen LogP contribution is -2.47. The van der Waals surface area contributed by atoms with E-state index in [1.807, 2.05) is 49.2 Å². The van der Waals surface area contributed by atoms with Crippen molar-refractivity contribution in [2.24, 2.45) is 0 Å². The largest absolute Gasteiger partial charge is 0.484 e. The maximum Gasteiger partial charge on any atom is 0.262 e. The molecular formula is C21H25N3O3. The van der Waals surface area contributed by atoms with Gasteiger partial charge in [-0.2, -0.15) is 0 Å². The molecule has 0 bridgehead atoms. The molecule has 27 heavy (non-hydrogen) atoms. The van der Waals surface area contributed by atoms with E-state index in [0.29, 0.717) is 30.1 Å². The standard InChI is InChI=1S/C21H25N3O3/c1-16-7-9-17(10-8-16)27-15-20(25)22-19-6-4-3-5-18(19)21(26)24-13-11-23(2)12-14-24/h3-10H,11-15H2,1-2H3,(H,22,25). The summed E-state index contributed by atoms with van der Waals surface area (Å²) >= 11 is 0. The maximum atomic E-state index is 12.8. The first kappa shape index (κ1) is 18.9. The van der Waals surface area contributed by atoms with Crippen LogP contribution in [0.5, 0.6) is 5.75 Å². The van der Waals surface area contributed by atoms with E-state index in [1.54, 1.807) is 18.2 Å². The van der Waals surface area contributed by atoms with Crippen LogP contribution in [0.25, 0.3) is 0 Å². The molecule has 2 aromatic rings. The molecule has 0 saturated carbocycles. The van der Waals surface area contributed by atoms with Crippen LogP contribution in [0.3, 0.4) is 0 Å². The highest BCUT2D eigenvalue weighted by atomic mass is 16.5. The van der Waals surface area contributed by atoms with Crippen molar-refractivity contribution >= 4 is 17.5 Å². The third kappa shape index (κ3) is 5.08. The number of benzene rings is 2. The molecule has 0 atom stereocenters. The molecule has 0 aromatic heterocycles. The van der Waals surface area contributed by atoms with Crippen LogP contribution in [-0.4, -0.2) is 61.4 Å². The van der Waals surface area contributed by atoms with Gasteiger partial charge in [-0.15, -0.1) is 0 Å². The van der Waals surface area contributed by atoms with Gasteiger partial charge in [0.1, 0.15) is 5.75 Å². The minimum atomic E-state index is -0.297. The predicted octanol–water partition coefficient (Wildman–Crippen LogP) is 2.40. The fourth-order valence-electron chi connectivity index (χ4n) is 2.93. The van der Waals surface area contributed by atoms with Crippen LogP contribution in [0.4, 0.5) is 5.69 Å². The highest BCUT2D eigenvalue weighted by Crippen LogP contribution is 2.18. The fourth-order valence-corrected chi connectivity index (χ4v) is 2.93. The van der Waals surface area contributed by atoms with E-state index in [0.717, 1.165) is 18.7 Å². The number of para-hydroxylation sites is 1. The Kier molecular flexibility index (Phi) is 6.08. The van der Waals surface area contributed by atoms with Gasteiger partial charge in [-0.1, -0.05) is 29.8 Å². The van der Waals surface area contributed by atoms with Crippen LogP contribution in [0, 0.1) is 6.92 Å². The third-order valence-corrected chi connectivity index (χ3v) is 4.61. The van der Waals surface area contributed by atoms with Crippen molar-refractivity contribution in [2.45, 2.75) is 6.92 Å². The lowest BCUT2D eigenvalue weighted by atomic mass is 10.1. The average molecular weight is 367 g/mol. The summed E-state index contributed by atoms with van der Waals surface area (Å²) in [4.78, 5) is 29.1. The van der Waals surface area contributed by atoms with Gasteiger partial charge >= 0.3 is 0 Å². The van der Waals surface area contributed by atoms with E-state index in [4.69, 9.17) is 4.74 Å². The molecule has 1 heterocycles. The molecule has 0 spiro atoms. The molecule has 142 valence electrons. The maximum absolute atomic E-state index is 12.8. The Morgan fingerprint density at radius 1 is 1.00 bits per heavy atom. The molecule has 2 amide bonds. The number of carbonyl (C=O) groups is 2. The Balaban J connectivity index is 1.62. The van der Waals surface area contributed by atoms with Crippen LogP contribution in [-0.2, 0) is 4.79 Å². The fraction of sp³-hybridized carbons (Fsp3) is 0.333. The monoisotopic (exact) mass is 367 g/mol. The van der Waals surface area contributed by atoms with Gasteiger partial charge in [-0.25, -0.2) is 0 Å². The summed E-state index contributed by atoms with van der Waals surface area (Å²) in [5.74, 6) is 0.283. The van der Waals surface area contributed by atoms with Gasteiger partial charge in [0, 0.05) is 26.2 Å². The van der Waals surface area contributed by atoms with E-state index < -0.39 is 0 Å². The smallest absolute Gasteiger partial charge is 0.262 e. The van der Waals surface area contributed by atoms with Gasteiger partial charge in [-0.3, -0.25) is 9.59 Å². The van der Waals surface area contributed by atoms with Gasteiger partial charge in [0.25, 0.3) is 11.8 Å². The minimum Gasteiger partial charge on any atom is -0.484 e. The number of anilines is 1. The number of rotatable bonds is 5. The minimum absolute atomic E-state index is 0.0570. The van der Waals surface area contributed by atoms with E-state index in [9.17, 15) is 9.59 Å². The molecule has 1 fully saturated rings. The first-order valence-electron chi connectivity index (χ1n) is 9.09. The number of aryl methyl sites for hydroxylation is 1. The number of piperazine rings is 1. The summed E-state index contributed by atoms with van der Waals surface area (Å²) in [6.07, 6.45) is 0. The second kappa shape index (κ2) is 8.68. The van der Waals surface area contributed by atoms with Crippen LogP contribution in [0.2, 0.25) is 0 Å². The number of hydrogen-bond acceptors (Lipinski definition) is 4. The number of likely N-dealkylation sites (N-methyl/N-ethyl adjacent to an activating group) is 1. The van der Waals surface area contributed by atoms with E-state index in [2.05, 4.69) is 10.2 Å². The van der Waals surface area contributed by atoms with E-state index in [1.165, 1.54) is 0 Å². The SMILES string of the molecule is Cc1ccc(OCC(=O)Nc2ccccc2C(=O)N2CCN(C)CC2)cc1. The molecule has 1 aliphatic heterocycles. The summed E-state index contributed by atoms with van der Waals surface area (Å²) in [5, 5.41) is 2.80. The summed E-state index contributed by atoms with van der Waals surface area (Å²) in [5.41, 5.74) is 2.15. The highest BCUT2D eigenvalue weighted by molar-refractivity contribution is 6.04. The first-order valence-corrected chi connectivity index (χ1v) is 9.09. The quantitative estimate of drug-likeness (QED) is 0.882. The van der Waals surface area contributed by atoms with Crippen LogP contribution < -0.4 is 10.1 Å². The Morgan fingerprint density at radius 2 is 1.67 bits per heavy atom. The van der Waals surface area contributed by atoms with Gasteiger partial charge in [0.15, 0.2) is 6.61 Å². The molecule has 6 heteroatoms. The molecule has 0 unspecified atom stereocenters. The lowest BCUT2D eigenvalue weighted by molar-refractivity contribution is -0.118. The number of nitrogens with one attached hydrogen (secondary N) is 1. The van der Waals surface area contributed by atoms with Crippen molar-refractivity contribution < 1.29 is 14.3 Å². The van der Waals surface area contributed by atoms with Crippen LogP contribution in [0.15, 0.2) is 48.5 Å². The number of hydrogen-bond donors (Lipinski definition) is 1. The molecule has 1 N–H and O–H groups in total. The van der Waals surface area contributed by atoms with Crippen molar-refractivity contribution in [3.63, 3.8) is 0 Å². The topological polar surface area (TPSA) is 61.9 Å². The zero-order valence-corrected chi connectivity index (χ0v) is 15.8. The summed E-state index contributed by atoms with van der Waals surface area (Å²) in [7, 11) is 2.05. The van der Waals surface area contributed by atoms with Crippen molar-refractivity contribution in [3.05, 3.63) is 59.7 Å². The number of carbonyl (C=O) groups excluding carboxylic acids is 2. The lowest BCUT2D eigenvalue weighted by Gasteiger charge is -2.32. The highest BCUT2D eigenvalue weighted by Gasteiger charge is 2.22. The molecule has 0 aliphatic carbocycles. The number of nitrogens with zero attached hydrogens (tertiary/aromatic N) is 2. The summed E-state index contributed by atoms with van der Waals surface area (Å²) in [6.45, 7) is 4.96. The molecule has 1 saturated heterocycles. The van der Waals surface area contributed by atoms with Gasteiger partial charge in [-0.05, 0) is 38.2 Å².